The van der Waals surface area contributed by atoms with Gasteiger partial charge in [0.05, 0.1) is 11.2 Å². The van der Waals surface area contributed by atoms with Crippen molar-refractivity contribution in [2.75, 3.05) is 0 Å². The molecule has 0 atom stereocenters. The van der Waals surface area contributed by atoms with Gasteiger partial charge in [0.2, 0.25) is 0 Å². The van der Waals surface area contributed by atoms with E-state index in [0.29, 0.717) is 5.82 Å². The second-order valence-corrected chi connectivity index (χ2v) is 4.94. The SMILES string of the molecule is CC(C)c1ncc(Cl)c(C(=O)OC2CCC2)n1. The zero-order valence-corrected chi connectivity index (χ0v) is 10.7. The van der Waals surface area contributed by atoms with Crippen LogP contribution in [0.3, 0.4) is 0 Å². The number of nitrogens with zero attached hydrogens (tertiary/aromatic N) is 2. The maximum atomic E-state index is 11.8. The molecule has 4 nitrogen and oxygen atoms in total. The molecule has 1 aliphatic carbocycles. The number of rotatable bonds is 3. The highest BCUT2D eigenvalue weighted by atomic mass is 35.5. The molecule has 0 saturated heterocycles. The Morgan fingerprint density at radius 2 is 2.24 bits per heavy atom. The summed E-state index contributed by atoms with van der Waals surface area (Å²) in [5, 5.41) is 0.249. The summed E-state index contributed by atoms with van der Waals surface area (Å²) in [6, 6.07) is 0. The number of aromatic nitrogens is 2. The molecule has 1 aromatic rings. The van der Waals surface area contributed by atoms with Gasteiger partial charge in [-0.15, -0.1) is 0 Å². The molecular weight excluding hydrogens is 240 g/mol. The van der Waals surface area contributed by atoms with Gasteiger partial charge in [0.1, 0.15) is 11.9 Å². The van der Waals surface area contributed by atoms with Crippen LogP contribution in [-0.4, -0.2) is 22.0 Å². The third-order valence-electron chi connectivity index (χ3n) is 2.80. The smallest absolute Gasteiger partial charge is 0.358 e. The van der Waals surface area contributed by atoms with Crippen molar-refractivity contribution in [3.63, 3.8) is 0 Å². The van der Waals surface area contributed by atoms with Crippen molar-refractivity contribution >= 4 is 17.6 Å². The van der Waals surface area contributed by atoms with Gasteiger partial charge in [0.15, 0.2) is 5.69 Å². The van der Waals surface area contributed by atoms with Crippen LogP contribution < -0.4 is 0 Å². The minimum absolute atomic E-state index is 0.0380. The number of carbonyl (C=O) groups is 1. The molecule has 1 fully saturated rings. The Labute approximate surface area is 105 Å². The molecule has 1 aromatic heterocycles. The molecule has 1 saturated carbocycles. The van der Waals surface area contributed by atoms with Gasteiger partial charge in [-0.3, -0.25) is 0 Å². The van der Waals surface area contributed by atoms with Gasteiger partial charge in [-0.2, -0.15) is 0 Å². The Morgan fingerprint density at radius 1 is 1.53 bits per heavy atom. The maximum Gasteiger partial charge on any atom is 0.358 e. The summed E-state index contributed by atoms with van der Waals surface area (Å²) in [7, 11) is 0. The summed E-state index contributed by atoms with van der Waals surface area (Å²) in [4.78, 5) is 20.1. The molecule has 1 heterocycles. The number of carbonyl (C=O) groups excluding carboxylic acids is 1. The molecule has 0 amide bonds. The fraction of sp³-hybridized carbons (Fsp3) is 0.583. The molecule has 0 radical (unpaired) electrons. The average Bonchev–Trinajstić information content (AvgIpc) is 2.23. The lowest BCUT2D eigenvalue weighted by Crippen LogP contribution is -2.26. The molecule has 0 spiro atoms. The van der Waals surface area contributed by atoms with Crippen LogP contribution in [0.15, 0.2) is 6.20 Å². The van der Waals surface area contributed by atoms with E-state index in [0.717, 1.165) is 19.3 Å². The van der Waals surface area contributed by atoms with Gasteiger partial charge in [-0.25, -0.2) is 14.8 Å². The van der Waals surface area contributed by atoms with Crippen LogP contribution in [0.25, 0.3) is 0 Å². The highest BCUT2D eigenvalue weighted by molar-refractivity contribution is 6.33. The standard InChI is InChI=1S/C12H15ClN2O2/c1-7(2)11-14-6-9(13)10(15-11)12(16)17-8-4-3-5-8/h6-8H,3-5H2,1-2H3. The van der Waals surface area contributed by atoms with E-state index in [-0.39, 0.29) is 22.7 Å². The Balaban J connectivity index is 2.17. The Kier molecular flexibility index (Phi) is 3.62. The van der Waals surface area contributed by atoms with Gasteiger partial charge >= 0.3 is 5.97 Å². The molecule has 2 rings (SSSR count). The predicted octanol–water partition coefficient (Wildman–Crippen LogP) is 2.96. The summed E-state index contributed by atoms with van der Waals surface area (Å²) >= 11 is 5.91. The van der Waals surface area contributed by atoms with E-state index in [1.165, 1.54) is 6.20 Å². The van der Waals surface area contributed by atoms with Crippen LogP contribution in [-0.2, 0) is 4.74 Å². The second kappa shape index (κ2) is 5.00. The largest absolute Gasteiger partial charge is 0.458 e. The lowest BCUT2D eigenvalue weighted by molar-refractivity contribution is 0.00833. The molecule has 17 heavy (non-hydrogen) atoms. The maximum absolute atomic E-state index is 11.8. The minimum atomic E-state index is -0.441. The average molecular weight is 255 g/mol. The zero-order chi connectivity index (χ0) is 12.4. The molecule has 0 N–H and O–H groups in total. The first-order valence-corrected chi connectivity index (χ1v) is 6.19. The van der Waals surface area contributed by atoms with Crippen LogP contribution >= 0.6 is 11.6 Å². The monoisotopic (exact) mass is 254 g/mol. The van der Waals surface area contributed by atoms with Crippen molar-refractivity contribution in [3.8, 4) is 0 Å². The van der Waals surface area contributed by atoms with Crippen molar-refractivity contribution in [2.45, 2.75) is 45.1 Å². The van der Waals surface area contributed by atoms with Crippen LogP contribution in [0, 0.1) is 0 Å². The molecular formula is C12H15ClN2O2. The third kappa shape index (κ3) is 2.75. The first-order valence-electron chi connectivity index (χ1n) is 5.81. The minimum Gasteiger partial charge on any atom is -0.458 e. The Morgan fingerprint density at radius 3 is 2.76 bits per heavy atom. The van der Waals surface area contributed by atoms with Crippen molar-refractivity contribution < 1.29 is 9.53 Å². The number of esters is 1. The molecule has 1 aliphatic rings. The molecule has 92 valence electrons. The van der Waals surface area contributed by atoms with E-state index in [2.05, 4.69) is 9.97 Å². The first-order chi connectivity index (χ1) is 8.08. The summed E-state index contributed by atoms with van der Waals surface area (Å²) in [6.45, 7) is 3.93. The van der Waals surface area contributed by atoms with Crippen molar-refractivity contribution in [3.05, 3.63) is 22.7 Å². The summed E-state index contributed by atoms with van der Waals surface area (Å²) in [5.74, 6) is 0.321. The highest BCUT2D eigenvalue weighted by Crippen LogP contribution is 2.24. The van der Waals surface area contributed by atoms with E-state index in [4.69, 9.17) is 16.3 Å². The first kappa shape index (κ1) is 12.3. The van der Waals surface area contributed by atoms with Crippen LogP contribution in [0.4, 0.5) is 0 Å². The normalized spacial score (nSPS) is 15.8. The lowest BCUT2D eigenvalue weighted by atomic mass is 9.96. The van der Waals surface area contributed by atoms with E-state index in [1.54, 1.807) is 0 Å². The predicted molar refractivity (Wildman–Crippen MR) is 64.2 cm³/mol. The van der Waals surface area contributed by atoms with Crippen LogP contribution in [0.1, 0.15) is 55.3 Å². The molecule has 5 heteroatoms. The summed E-state index contributed by atoms with van der Waals surface area (Å²) < 4.78 is 5.27. The second-order valence-electron chi connectivity index (χ2n) is 4.54. The highest BCUT2D eigenvalue weighted by Gasteiger charge is 2.25. The lowest BCUT2D eigenvalue weighted by Gasteiger charge is -2.25. The molecule has 0 aliphatic heterocycles. The van der Waals surface area contributed by atoms with E-state index >= 15 is 0 Å². The Bertz CT molecular complexity index is 431. The van der Waals surface area contributed by atoms with E-state index in [1.807, 2.05) is 13.8 Å². The fourth-order valence-corrected chi connectivity index (χ4v) is 1.67. The van der Waals surface area contributed by atoms with E-state index < -0.39 is 5.97 Å². The number of halogens is 1. The fourth-order valence-electron chi connectivity index (χ4n) is 1.50. The molecule has 0 aromatic carbocycles. The van der Waals surface area contributed by atoms with Gasteiger partial charge in [0.25, 0.3) is 0 Å². The Hall–Kier alpha value is -1.16. The van der Waals surface area contributed by atoms with Gasteiger partial charge in [-0.05, 0) is 19.3 Å². The number of hydrogen-bond donors (Lipinski definition) is 0. The topological polar surface area (TPSA) is 52.1 Å². The van der Waals surface area contributed by atoms with Gasteiger partial charge < -0.3 is 4.74 Å². The van der Waals surface area contributed by atoms with E-state index in [9.17, 15) is 4.79 Å². The van der Waals surface area contributed by atoms with Crippen molar-refractivity contribution in [2.24, 2.45) is 0 Å². The zero-order valence-electron chi connectivity index (χ0n) is 9.94. The summed E-state index contributed by atoms with van der Waals surface area (Å²) in [5.41, 5.74) is 0.178. The number of hydrogen-bond acceptors (Lipinski definition) is 4. The third-order valence-corrected chi connectivity index (χ3v) is 3.07. The van der Waals surface area contributed by atoms with Crippen LogP contribution in [0.5, 0.6) is 0 Å². The molecule has 0 unspecified atom stereocenters. The van der Waals surface area contributed by atoms with Gasteiger partial charge in [0, 0.05) is 5.92 Å². The number of ether oxygens (including phenoxy) is 1. The van der Waals surface area contributed by atoms with Crippen LogP contribution in [0.2, 0.25) is 5.02 Å². The van der Waals surface area contributed by atoms with Crippen molar-refractivity contribution in [1.82, 2.24) is 9.97 Å². The quantitative estimate of drug-likeness (QED) is 0.778. The summed E-state index contributed by atoms with van der Waals surface area (Å²) in [6.07, 6.45) is 4.49. The van der Waals surface area contributed by atoms with Crippen molar-refractivity contribution in [1.29, 1.82) is 0 Å². The van der Waals surface area contributed by atoms with Gasteiger partial charge in [-0.1, -0.05) is 25.4 Å². The molecule has 0 bridgehead atoms.